The quantitative estimate of drug-likeness (QED) is 0.276. The lowest BCUT2D eigenvalue weighted by Gasteiger charge is -2.00. The minimum Gasteiger partial charge on any atom is -0.438 e. The van der Waals surface area contributed by atoms with Gasteiger partial charge in [-0.25, -0.2) is 4.79 Å². The topological polar surface area (TPSA) is 35.5 Å². The molecule has 0 fully saturated rings. The van der Waals surface area contributed by atoms with Crippen molar-refractivity contribution in [2.75, 3.05) is 13.7 Å². The van der Waals surface area contributed by atoms with Crippen molar-refractivity contribution >= 4 is 6.16 Å². The van der Waals surface area contributed by atoms with Gasteiger partial charge in [0.2, 0.25) is 0 Å². The van der Waals surface area contributed by atoms with Gasteiger partial charge in [-0.15, -0.1) is 0 Å². The number of rotatable bonds is 12. The number of allylic oxidation sites excluding steroid dienone is 1. The fourth-order valence-corrected chi connectivity index (χ4v) is 1.93. The molecule has 0 radical (unpaired) electrons. The van der Waals surface area contributed by atoms with Crippen LogP contribution in [0.15, 0.2) is 12.2 Å². The highest BCUT2D eigenvalue weighted by molar-refractivity contribution is 5.59. The van der Waals surface area contributed by atoms with E-state index in [9.17, 15) is 4.79 Å². The maximum Gasteiger partial charge on any atom is 0.508 e. The second-order valence-corrected chi connectivity index (χ2v) is 4.85. The molecule has 0 aromatic carbocycles. The van der Waals surface area contributed by atoms with E-state index >= 15 is 0 Å². The SMILES string of the molecule is CCCCCCCCCCC/C=C\COC(=O)OC. The summed E-state index contributed by atoms with van der Waals surface area (Å²) < 4.78 is 9.10. The van der Waals surface area contributed by atoms with Crippen molar-refractivity contribution in [3.63, 3.8) is 0 Å². The lowest BCUT2D eigenvalue weighted by atomic mass is 10.1. The smallest absolute Gasteiger partial charge is 0.438 e. The summed E-state index contributed by atoms with van der Waals surface area (Å²) in [5.74, 6) is 0. The van der Waals surface area contributed by atoms with E-state index in [1.165, 1.54) is 64.9 Å². The third-order valence-electron chi connectivity index (χ3n) is 3.11. The van der Waals surface area contributed by atoms with Crippen molar-refractivity contribution in [2.24, 2.45) is 0 Å². The Morgan fingerprint density at radius 3 is 2.05 bits per heavy atom. The second kappa shape index (κ2) is 15.1. The van der Waals surface area contributed by atoms with Gasteiger partial charge in [-0.3, -0.25) is 0 Å². The van der Waals surface area contributed by atoms with E-state index in [4.69, 9.17) is 4.74 Å². The summed E-state index contributed by atoms with van der Waals surface area (Å²) in [6.45, 7) is 2.56. The molecule has 0 unspecified atom stereocenters. The van der Waals surface area contributed by atoms with Gasteiger partial charge in [0, 0.05) is 0 Å². The largest absolute Gasteiger partial charge is 0.508 e. The third kappa shape index (κ3) is 15.0. The molecule has 0 aliphatic carbocycles. The van der Waals surface area contributed by atoms with E-state index in [1.54, 1.807) is 0 Å². The minimum atomic E-state index is -0.618. The highest BCUT2D eigenvalue weighted by Gasteiger charge is 1.95. The molecule has 0 saturated carbocycles. The Balaban J connectivity index is 3.09. The summed E-state index contributed by atoms with van der Waals surface area (Å²) in [6.07, 6.45) is 16.6. The fraction of sp³-hybridized carbons (Fsp3) is 0.812. The number of unbranched alkanes of at least 4 members (excludes halogenated alkanes) is 9. The van der Waals surface area contributed by atoms with Crippen LogP contribution in [-0.2, 0) is 9.47 Å². The van der Waals surface area contributed by atoms with E-state index in [1.807, 2.05) is 6.08 Å². The van der Waals surface area contributed by atoms with Gasteiger partial charge in [0.1, 0.15) is 6.61 Å². The normalized spacial score (nSPS) is 10.8. The van der Waals surface area contributed by atoms with Crippen molar-refractivity contribution in [1.82, 2.24) is 0 Å². The van der Waals surface area contributed by atoms with E-state index in [-0.39, 0.29) is 0 Å². The molecular formula is C16H30O3. The molecule has 0 spiro atoms. The first-order valence-corrected chi connectivity index (χ1v) is 7.67. The molecule has 0 bridgehead atoms. The first-order valence-electron chi connectivity index (χ1n) is 7.67. The third-order valence-corrected chi connectivity index (χ3v) is 3.11. The van der Waals surface area contributed by atoms with E-state index < -0.39 is 6.16 Å². The van der Waals surface area contributed by atoms with Gasteiger partial charge in [0.05, 0.1) is 7.11 Å². The Labute approximate surface area is 118 Å². The van der Waals surface area contributed by atoms with Crippen LogP contribution in [0.2, 0.25) is 0 Å². The van der Waals surface area contributed by atoms with Gasteiger partial charge in [0.15, 0.2) is 0 Å². The number of hydrogen-bond acceptors (Lipinski definition) is 3. The Morgan fingerprint density at radius 2 is 1.47 bits per heavy atom. The zero-order chi connectivity index (χ0) is 14.2. The maximum atomic E-state index is 10.6. The average Bonchev–Trinajstić information content (AvgIpc) is 2.43. The number of ether oxygens (including phenoxy) is 2. The van der Waals surface area contributed by atoms with Crippen LogP contribution in [0.1, 0.15) is 71.1 Å². The van der Waals surface area contributed by atoms with E-state index in [2.05, 4.69) is 17.7 Å². The fourth-order valence-electron chi connectivity index (χ4n) is 1.93. The molecule has 0 N–H and O–H groups in total. The zero-order valence-corrected chi connectivity index (χ0v) is 12.7. The van der Waals surface area contributed by atoms with Crippen LogP contribution >= 0.6 is 0 Å². The molecule has 112 valence electrons. The molecule has 0 aromatic rings. The summed E-state index contributed by atoms with van der Waals surface area (Å²) in [6, 6.07) is 0. The summed E-state index contributed by atoms with van der Waals surface area (Å²) in [7, 11) is 1.31. The van der Waals surface area contributed by atoms with E-state index in [0.717, 1.165) is 6.42 Å². The molecule has 19 heavy (non-hydrogen) atoms. The Kier molecular flexibility index (Phi) is 14.3. The average molecular weight is 270 g/mol. The molecule has 0 amide bonds. The van der Waals surface area contributed by atoms with E-state index in [0.29, 0.717) is 6.61 Å². The summed E-state index contributed by atoms with van der Waals surface area (Å²) in [5, 5.41) is 0. The van der Waals surface area contributed by atoms with Crippen LogP contribution in [-0.4, -0.2) is 19.9 Å². The predicted molar refractivity (Wildman–Crippen MR) is 79.3 cm³/mol. The molecule has 0 aliphatic heterocycles. The van der Waals surface area contributed by atoms with Gasteiger partial charge in [-0.1, -0.05) is 70.4 Å². The number of methoxy groups -OCH3 is 1. The number of carbonyl (C=O) groups is 1. The summed E-state index contributed by atoms with van der Waals surface area (Å²) in [4.78, 5) is 10.6. The van der Waals surface area contributed by atoms with Crippen molar-refractivity contribution in [1.29, 1.82) is 0 Å². The first-order chi connectivity index (χ1) is 9.31. The zero-order valence-electron chi connectivity index (χ0n) is 12.7. The second-order valence-electron chi connectivity index (χ2n) is 4.85. The van der Waals surface area contributed by atoms with Gasteiger partial charge in [-0.05, 0) is 12.8 Å². The highest BCUT2D eigenvalue weighted by Crippen LogP contribution is 2.10. The van der Waals surface area contributed by atoms with Crippen molar-refractivity contribution in [3.8, 4) is 0 Å². The standard InChI is InChI=1S/C16H30O3/c1-3-4-5-6-7-8-9-10-11-12-13-14-15-19-16(17)18-2/h13-14H,3-12,15H2,1-2H3/b14-13-. The number of hydrogen-bond donors (Lipinski definition) is 0. The lowest BCUT2D eigenvalue weighted by molar-refractivity contribution is 0.0817. The highest BCUT2D eigenvalue weighted by atomic mass is 16.7. The van der Waals surface area contributed by atoms with Gasteiger partial charge >= 0.3 is 6.16 Å². The van der Waals surface area contributed by atoms with Crippen LogP contribution in [0.3, 0.4) is 0 Å². The van der Waals surface area contributed by atoms with Crippen molar-refractivity contribution < 1.29 is 14.3 Å². The van der Waals surface area contributed by atoms with Gasteiger partial charge < -0.3 is 9.47 Å². The van der Waals surface area contributed by atoms with Crippen molar-refractivity contribution in [2.45, 2.75) is 71.1 Å². The Morgan fingerprint density at radius 1 is 0.895 bits per heavy atom. The van der Waals surface area contributed by atoms with Crippen molar-refractivity contribution in [3.05, 3.63) is 12.2 Å². The molecular weight excluding hydrogens is 240 g/mol. The summed E-state index contributed by atoms with van der Waals surface area (Å²) in [5.41, 5.74) is 0. The molecule has 0 aromatic heterocycles. The monoisotopic (exact) mass is 270 g/mol. The van der Waals surface area contributed by atoms with Gasteiger partial charge in [-0.2, -0.15) is 0 Å². The van der Waals surface area contributed by atoms with Crippen LogP contribution in [0.4, 0.5) is 4.79 Å². The number of carbonyl (C=O) groups excluding carboxylic acids is 1. The molecule has 0 atom stereocenters. The summed E-state index contributed by atoms with van der Waals surface area (Å²) >= 11 is 0. The van der Waals surface area contributed by atoms with Crippen LogP contribution in [0.5, 0.6) is 0 Å². The van der Waals surface area contributed by atoms with Crippen LogP contribution in [0.25, 0.3) is 0 Å². The Bertz CT molecular complexity index is 224. The van der Waals surface area contributed by atoms with Crippen LogP contribution in [0, 0.1) is 0 Å². The molecule has 3 heteroatoms. The maximum absolute atomic E-state index is 10.6. The molecule has 0 saturated heterocycles. The van der Waals surface area contributed by atoms with Crippen LogP contribution < -0.4 is 0 Å². The Hall–Kier alpha value is -0.990. The predicted octanol–water partition coefficient (Wildman–Crippen LogP) is 5.25. The lowest BCUT2D eigenvalue weighted by Crippen LogP contribution is -2.03. The molecule has 0 aliphatic rings. The molecule has 0 rings (SSSR count). The molecule has 3 nitrogen and oxygen atoms in total. The minimum absolute atomic E-state index is 0.310. The van der Waals surface area contributed by atoms with Gasteiger partial charge in [0.25, 0.3) is 0 Å². The first kappa shape index (κ1) is 18.0. The molecule has 0 heterocycles.